The second kappa shape index (κ2) is 4.97. The first-order chi connectivity index (χ1) is 9.26. The largest absolute Gasteiger partial charge is 0.346 e. The Hall–Kier alpha value is -1.95. The molecule has 0 aliphatic rings. The summed E-state index contributed by atoms with van der Waals surface area (Å²) >= 11 is 1.73. The zero-order valence-electron chi connectivity index (χ0n) is 10.9. The highest BCUT2D eigenvalue weighted by Crippen LogP contribution is 2.15. The van der Waals surface area contributed by atoms with Crippen LogP contribution in [-0.2, 0) is 13.0 Å². The number of aryl methyl sites for hydroxylation is 2. The van der Waals surface area contributed by atoms with E-state index in [0.717, 1.165) is 22.8 Å². The molecule has 3 aromatic rings. The number of rotatable bonds is 4. The van der Waals surface area contributed by atoms with E-state index in [1.807, 2.05) is 35.8 Å². The van der Waals surface area contributed by atoms with Gasteiger partial charge in [0.15, 0.2) is 5.65 Å². The van der Waals surface area contributed by atoms with Gasteiger partial charge in [-0.05, 0) is 25.5 Å². The standard InChI is InChI=1S/C13H15N5S/c1-3-10-7-14-12(19-10)8-15-13-16-11-6-4-5-9(2)18(11)17-13/h4-7H,3,8H2,1-2H3,(H,15,17). The topological polar surface area (TPSA) is 55.1 Å². The third-order valence-electron chi connectivity index (χ3n) is 2.90. The van der Waals surface area contributed by atoms with Crippen LogP contribution in [0.2, 0.25) is 0 Å². The molecule has 0 atom stereocenters. The number of hydrogen-bond donors (Lipinski definition) is 1. The number of fused-ring (bicyclic) bond motifs is 1. The van der Waals surface area contributed by atoms with Crippen molar-refractivity contribution in [2.45, 2.75) is 26.8 Å². The highest BCUT2D eigenvalue weighted by molar-refractivity contribution is 7.11. The van der Waals surface area contributed by atoms with Gasteiger partial charge in [-0.1, -0.05) is 13.0 Å². The molecule has 0 spiro atoms. The van der Waals surface area contributed by atoms with Crippen molar-refractivity contribution in [3.05, 3.63) is 40.0 Å². The van der Waals surface area contributed by atoms with Gasteiger partial charge in [-0.25, -0.2) is 9.50 Å². The molecule has 5 nitrogen and oxygen atoms in total. The van der Waals surface area contributed by atoms with E-state index in [1.165, 1.54) is 4.88 Å². The number of aromatic nitrogens is 4. The molecule has 0 saturated heterocycles. The Kier molecular flexibility index (Phi) is 3.16. The first kappa shape index (κ1) is 12.1. The quantitative estimate of drug-likeness (QED) is 0.794. The second-order valence-electron chi connectivity index (χ2n) is 4.30. The third-order valence-corrected chi connectivity index (χ3v) is 4.04. The van der Waals surface area contributed by atoms with Crippen molar-refractivity contribution in [1.29, 1.82) is 0 Å². The smallest absolute Gasteiger partial charge is 0.243 e. The van der Waals surface area contributed by atoms with E-state index >= 15 is 0 Å². The van der Waals surface area contributed by atoms with Gasteiger partial charge in [0.2, 0.25) is 5.95 Å². The van der Waals surface area contributed by atoms with Gasteiger partial charge >= 0.3 is 0 Å². The number of pyridine rings is 1. The highest BCUT2D eigenvalue weighted by atomic mass is 32.1. The van der Waals surface area contributed by atoms with Crippen LogP contribution < -0.4 is 5.32 Å². The van der Waals surface area contributed by atoms with E-state index < -0.39 is 0 Å². The predicted octanol–water partition coefficient (Wildman–Crippen LogP) is 2.67. The molecule has 0 aliphatic heterocycles. The molecule has 1 N–H and O–H groups in total. The maximum Gasteiger partial charge on any atom is 0.243 e. The minimum atomic E-state index is 0.641. The van der Waals surface area contributed by atoms with Crippen LogP contribution in [0, 0.1) is 6.92 Å². The molecule has 0 unspecified atom stereocenters. The van der Waals surface area contributed by atoms with E-state index in [0.29, 0.717) is 12.5 Å². The van der Waals surface area contributed by atoms with Crippen molar-refractivity contribution in [2.24, 2.45) is 0 Å². The molecule has 98 valence electrons. The van der Waals surface area contributed by atoms with Crippen molar-refractivity contribution < 1.29 is 0 Å². The fourth-order valence-electron chi connectivity index (χ4n) is 1.86. The summed E-state index contributed by atoms with van der Waals surface area (Å²) in [5, 5.41) is 8.71. The zero-order valence-corrected chi connectivity index (χ0v) is 11.7. The van der Waals surface area contributed by atoms with Crippen molar-refractivity contribution in [3.63, 3.8) is 0 Å². The van der Waals surface area contributed by atoms with E-state index in [9.17, 15) is 0 Å². The summed E-state index contributed by atoms with van der Waals surface area (Å²) in [6.07, 6.45) is 2.96. The van der Waals surface area contributed by atoms with Gasteiger partial charge in [0, 0.05) is 16.8 Å². The van der Waals surface area contributed by atoms with Gasteiger partial charge in [-0.15, -0.1) is 16.4 Å². The van der Waals surface area contributed by atoms with E-state index in [2.05, 4.69) is 27.3 Å². The summed E-state index contributed by atoms with van der Waals surface area (Å²) < 4.78 is 1.83. The normalized spacial score (nSPS) is 11.1. The lowest BCUT2D eigenvalue weighted by molar-refractivity contribution is 0.908. The van der Waals surface area contributed by atoms with E-state index in [4.69, 9.17) is 0 Å². The average molecular weight is 273 g/mol. The molecular formula is C13H15N5S. The van der Waals surface area contributed by atoms with Gasteiger partial charge < -0.3 is 5.32 Å². The van der Waals surface area contributed by atoms with Gasteiger partial charge in [-0.3, -0.25) is 0 Å². The van der Waals surface area contributed by atoms with Crippen molar-refractivity contribution in [3.8, 4) is 0 Å². The molecule has 3 rings (SSSR count). The summed E-state index contributed by atoms with van der Waals surface area (Å²) in [6.45, 7) is 4.82. The molecule has 3 heterocycles. The summed E-state index contributed by atoms with van der Waals surface area (Å²) in [7, 11) is 0. The molecule has 0 bridgehead atoms. The predicted molar refractivity (Wildman–Crippen MR) is 76.5 cm³/mol. The molecule has 0 aliphatic carbocycles. The Bertz CT molecular complexity index is 700. The minimum Gasteiger partial charge on any atom is -0.346 e. The summed E-state index contributed by atoms with van der Waals surface area (Å²) in [6, 6.07) is 5.95. The number of thiazole rings is 1. The zero-order chi connectivity index (χ0) is 13.2. The van der Waals surface area contributed by atoms with Crippen LogP contribution in [-0.4, -0.2) is 19.6 Å². The number of anilines is 1. The lowest BCUT2D eigenvalue weighted by Crippen LogP contribution is -2.01. The molecular weight excluding hydrogens is 258 g/mol. The molecule has 0 amide bonds. The Morgan fingerprint density at radius 2 is 2.26 bits per heavy atom. The second-order valence-corrected chi connectivity index (χ2v) is 5.50. The molecule has 0 saturated carbocycles. The third kappa shape index (κ3) is 2.44. The van der Waals surface area contributed by atoms with Crippen LogP contribution in [0.1, 0.15) is 22.5 Å². The first-order valence-electron chi connectivity index (χ1n) is 6.26. The molecule has 0 aromatic carbocycles. The summed E-state index contributed by atoms with van der Waals surface area (Å²) in [4.78, 5) is 10.1. The number of hydrogen-bond acceptors (Lipinski definition) is 5. The molecule has 3 aromatic heterocycles. The van der Waals surface area contributed by atoms with Crippen LogP contribution in [0.3, 0.4) is 0 Å². The fourth-order valence-corrected chi connectivity index (χ4v) is 2.66. The van der Waals surface area contributed by atoms with Crippen molar-refractivity contribution in [2.75, 3.05) is 5.32 Å². The average Bonchev–Trinajstić information content (AvgIpc) is 3.03. The molecule has 19 heavy (non-hydrogen) atoms. The Labute approximate surface area is 115 Å². The maximum absolute atomic E-state index is 4.43. The lowest BCUT2D eigenvalue weighted by atomic mass is 10.4. The van der Waals surface area contributed by atoms with Crippen molar-refractivity contribution >= 4 is 22.9 Å². The molecule has 0 fully saturated rings. The van der Waals surface area contributed by atoms with Gasteiger partial charge in [-0.2, -0.15) is 4.98 Å². The number of nitrogens with zero attached hydrogens (tertiary/aromatic N) is 4. The monoisotopic (exact) mass is 273 g/mol. The van der Waals surface area contributed by atoms with Crippen LogP contribution >= 0.6 is 11.3 Å². The maximum atomic E-state index is 4.43. The van der Waals surface area contributed by atoms with E-state index in [1.54, 1.807) is 11.3 Å². The molecule has 0 radical (unpaired) electrons. The Morgan fingerprint density at radius 1 is 1.37 bits per heavy atom. The van der Waals surface area contributed by atoms with Crippen LogP contribution in [0.4, 0.5) is 5.95 Å². The van der Waals surface area contributed by atoms with Crippen LogP contribution in [0.25, 0.3) is 5.65 Å². The SMILES string of the molecule is CCc1cnc(CNc2nc3cccc(C)n3n2)s1. The van der Waals surface area contributed by atoms with Crippen molar-refractivity contribution in [1.82, 2.24) is 19.6 Å². The fraction of sp³-hybridized carbons (Fsp3) is 0.308. The Balaban J connectivity index is 1.76. The van der Waals surface area contributed by atoms with Gasteiger partial charge in [0.25, 0.3) is 0 Å². The summed E-state index contributed by atoms with van der Waals surface area (Å²) in [5.74, 6) is 0.641. The first-order valence-corrected chi connectivity index (χ1v) is 7.08. The lowest BCUT2D eigenvalue weighted by Gasteiger charge is -1.96. The highest BCUT2D eigenvalue weighted by Gasteiger charge is 2.06. The number of nitrogens with one attached hydrogen (secondary N) is 1. The van der Waals surface area contributed by atoms with Crippen LogP contribution in [0.15, 0.2) is 24.4 Å². The van der Waals surface area contributed by atoms with Crippen LogP contribution in [0.5, 0.6) is 0 Å². The summed E-state index contributed by atoms with van der Waals surface area (Å²) in [5.41, 5.74) is 1.93. The minimum absolute atomic E-state index is 0.641. The Morgan fingerprint density at radius 3 is 3.00 bits per heavy atom. The van der Waals surface area contributed by atoms with Gasteiger partial charge in [0.05, 0.1) is 6.54 Å². The van der Waals surface area contributed by atoms with Gasteiger partial charge in [0.1, 0.15) is 5.01 Å². The van der Waals surface area contributed by atoms with E-state index in [-0.39, 0.29) is 0 Å². The molecule has 6 heteroatoms.